The molecule has 4 heteroatoms. The minimum Gasteiger partial charge on any atom is -0.392 e. The van der Waals surface area contributed by atoms with Crippen LogP contribution in [0.5, 0.6) is 0 Å². The standard InChI is InChI=1S/C20H25NO2S/c1-15-5-3-4-6-19(15)11-16(2)21-20(23)14-24-13-18-9-7-17(12-22)8-10-18/h3-10,16,22H,11-14H2,1-2H3,(H,21,23). The molecule has 0 saturated carbocycles. The maximum atomic E-state index is 12.1. The highest BCUT2D eigenvalue weighted by Gasteiger charge is 2.09. The second-order valence-corrected chi connectivity index (χ2v) is 7.05. The molecule has 3 nitrogen and oxygen atoms in total. The fourth-order valence-electron chi connectivity index (χ4n) is 2.54. The first-order valence-corrected chi connectivity index (χ1v) is 9.34. The number of nitrogens with one attached hydrogen (secondary N) is 1. The second-order valence-electron chi connectivity index (χ2n) is 6.07. The Kier molecular flexibility index (Phi) is 7.35. The molecule has 1 unspecified atom stereocenters. The zero-order chi connectivity index (χ0) is 17.4. The molecule has 2 N–H and O–H groups in total. The van der Waals surface area contributed by atoms with E-state index in [4.69, 9.17) is 5.11 Å². The third kappa shape index (κ3) is 6.02. The molecule has 0 saturated heterocycles. The van der Waals surface area contributed by atoms with Crippen molar-refractivity contribution < 1.29 is 9.90 Å². The van der Waals surface area contributed by atoms with Gasteiger partial charge in [0.25, 0.3) is 0 Å². The minimum atomic E-state index is 0.0641. The Labute approximate surface area is 148 Å². The molecule has 2 rings (SSSR count). The largest absolute Gasteiger partial charge is 0.392 e. The lowest BCUT2D eigenvalue weighted by Gasteiger charge is -2.15. The van der Waals surface area contributed by atoms with Gasteiger partial charge in [0.05, 0.1) is 12.4 Å². The third-order valence-electron chi connectivity index (χ3n) is 3.90. The maximum absolute atomic E-state index is 12.1. The van der Waals surface area contributed by atoms with Crippen LogP contribution in [0.15, 0.2) is 48.5 Å². The summed E-state index contributed by atoms with van der Waals surface area (Å²) >= 11 is 1.60. The Morgan fingerprint density at radius 1 is 1.12 bits per heavy atom. The molecule has 1 amide bonds. The van der Waals surface area contributed by atoms with Gasteiger partial charge in [-0.1, -0.05) is 48.5 Å². The Morgan fingerprint density at radius 2 is 1.79 bits per heavy atom. The van der Waals surface area contributed by atoms with E-state index in [2.05, 4.69) is 24.4 Å². The van der Waals surface area contributed by atoms with Crippen molar-refractivity contribution in [2.24, 2.45) is 0 Å². The van der Waals surface area contributed by atoms with Crippen LogP contribution in [0, 0.1) is 6.92 Å². The molecular weight excluding hydrogens is 318 g/mol. The van der Waals surface area contributed by atoms with E-state index in [9.17, 15) is 4.79 Å². The lowest BCUT2D eigenvalue weighted by atomic mass is 10.0. The van der Waals surface area contributed by atoms with Crippen LogP contribution in [-0.4, -0.2) is 22.8 Å². The first-order valence-electron chi connectivity index (χ1n) is 8.18. The summed E-state index contributed by atoms with van der Waals surface area (Å²) in [6.07, 6.45) is 0.853. The van der Waals surface area contributed by atoms with Gasteiger partial charge in [0.2, 0.25) is 5.91 Å². The predicted molar refractivity (Wildman–Crippen MR) is 101 cm³/mol. The summed E-state index contributed by atoms with van der Waals surface area (Å²) in [4.78, 5) is 12.1. The molecule has 0 heterocycles. The van der Waals surface area contributed by atoms with Crippen LogP contribution in [0.3, 0.4) is 0 Å². The van der Waals surface area contributed by atoms with Gasteiger partial charge >= 0.3 is 0 Å². The zero-order valence-corrected chi connectivity index (χ0v) is 15.1. The quantitative estimate of drug-likeness (QED) is 0.772. The Morgan fingerprint density at radius 3 is 2.46 bits per heavy atom. The molecule has 128 valence electrons. The van der Waals surface area contributed by atoms with E-state index in [0.29, 0.717) is 5.75 Å². The van der Waals surface area contributed by atoms with Crippen molar-refractivity contribution in [2.45, 2.75) is 38.7 Å². The lowest BCUT2D eigenvalue weighted by Crippen LogP contribution is -2.35. The predicted octanol–water partition coefficient (Wildman–Crippen LogP) is 3.47. The Bertz CT molecular complexity index is 655. The number of thioether (sulfide) groups is 1. The molecule has 0 aromatic heterocycles. The summed E-state index contributed by atoms with van der Waals surface area (Å²) in [6, 6.07) is 16.2. The molecule has 1 atom stereocenters. The number of aliphatic hydroxyl groups is 1. The van der Waals surface area contributed by atoms with E-state index in [-0.39, 0.29) is 18.6 Å². The normalized spacial score (nSPS) is 12.0. The van der Waals surface area contributed by atoms with Gasteiger partial charge in [-0.3, -0.25) is 4.79 Å². The van der Waals surface area contributed by atoms with Crippen LogP contribution in [0.25, 0.3) is 0 Å². The Hall–Kier alpha value is -1.78. The fraction of sp³-hybridized carbons (Fsp3) is 0.350. The number of carbonyl (C=O) groups is 1. The Balaban J connectivity index is 1.71. The molecule has 2 aromatic rings. The molecule has 24 heavy (non-hydrogen) atoms. The summed E-state index contributed by atoms with van der Waals surface area (Å²) in [6.45, 7) is 4.21. The molecule has 0 bridgehead atoms. The monoisotopic (exact) mass is 343 g/mol. The summed E-state index contributed by atoms with van der Waals surface area (Å²) in [7, 11) is 0. The van der Waals surface area contributed by atoms with Crippen molar-refractivity contribution in [1.82, 2.24) is 5.32 Å². The van der Waals surface area contributed by atoms with E-state index < -0.39 is 0 Å². The van der Waals surface area contributed by atoms with Gasteiger partial charge in [-0.15, -0.1) is 11.8 Å². The number of rotatable bonds is 8. The first kappa shape index (κ1) is 18.6. The lowest BCUT2D eigenvalue weighted by molar-refractivity contribution is -0.119. The molecule has 0 radical (unpaired) electrons. The van der Waals surface area contributed by atoms with Crippen LogP contribution >= 0.6 is 11.8 Å². The first-order chi connectivity index (χ1) is 11.6. The molecule has 0 fully saturated rings. The second kappa shape index (κ2) is 9.50. The molecule has 0 aliphatic carbocycles. The third-order valence-corrected chi connectivity index (χ3v) is 4.91. The van der Waals surface area contributed by atoms with Gasteiger partial charge in [0.1, 0.15) is 0 Å². The van der Waals surface area contributed by atoms with Crippen LogP contribution in [0.2, 0.25) is 0 Å². The SMILES string of the molecule is Cc1ccccc1CC(C)NC(=O)CSCc1ccc(CO)cc1. The van der Waals surface area contributed by atoms with E-state index in [1.54, 1.807) is 11.8 Å². The molecule has 0 spiro atoms. The number of aliphatic hydroxyl groups excluding tert-OH is 1. The van der Waals surface area contributed by atoms with Crippen molar-refractivity contribution in [3.8, 4) is 0 Å². The highest BCUT2D eigenvalue weighted by Crippen LogP contribution is 2.14. The maximum Gasteiger partial charge on any atom is 0.230 e. The van der Waals surface area contributed by atoms with Crippen LogP contribution in [0.1, 0.15) is 29.2 Å². The van der Waals surface area contributed by atoms with Gasteiger partial charge in [0.15, 0.2) is 0 Å². The van der Waals surface area contributed by atoms with Crippen LogP contribution in [-0.2, 0) is 23.6 Å². The topological polar surface area (TPSA) is 49.3 Å². The number of benzene rings is 2. The smallest absolute Gasteiger partial charge is 0.230 e. The van der Waals surface area contributed by atoms with E-state index in [1.807, 2.05) is 43.3 Å². The van der Waals surface area contributed by atoms with Gasteiger partial charge in [-0.05, 0) is 42.5 Å². The fourth-order valence-corrected chi connectivity index (χ4v) is 3.34. The van der Waals surface area contributed by atoms with Crippen molar-refractivity contribution in [2.75, 3.05) is 5.75 Å². The highest BCUT2D eigenvalue weighted by atomic mass is 32.2. The molecular formula is C20H25NO2S. The zero-order valence-electron chi connectivity index (χ0n) is 14.3. The van der Waals surface area contributed by atoms with Crippen LogP contribution < -0.4 is 5.32 Å². The van der Waals surface area contributed by atoms with Gasteiger partial charge in [-0.25, -0.2) is 0 Å². The number of aryl methyl sites for hydroxylation is 1. The van der Waals surface area contributed by atoms with Gasteiger partial charge in [-0.2, -0.15) is 0 Å². The number of hydrogen-bond donors (Lipinski definition) is 2. The highest BCUT2D eigenvalue weighted by molar-refractivity contribution is 7.99. The van der Waals surface area contributed by atoms with Gasteiger partial charge < -0.3 is 10.4 Å². The van der Waals surface area contributed by atoms with E-state index >= 15 is 0 Å². The molecule has 0 aliphatic rings. The average molecular weight is 343 g/mol. The minimum absolute atomic E-state index is 0.0641. The average Bonchev–Trinajstić information content (AvgIpc) is 2.57. The van der Waals surface area contributed by atoms with Crippen LogP contribution in [0.4, 0.5) is 0 Å². The number of hydrogen-bond acceptors (Lipinski definition) is 3. The summed E-state index contributed by atoms with van der Waals surface area (Å²) in [5.74, 6) is 1.33. The summed E-state index contributed by atoms with van der Waals surface area (Å²) in [5.41, 5.74) is 4.62. The summed E-state index contributed by atoms with van der Waals surface area (Å²) < 4.78 is 0. The van der Waals surface area contributed by atoms with Crippen molar-refractivity contribution in [3.63, 3.8) is 0 Å². The van der Waals surface area contributed by atoms with Crippen molar-refractivity contribution in [1.29, 1.82) is 0 Å². The van der Waals surface area contributed by atoms with Crippen molar-refractivity contribution >= 4 is 17.7 Å². The summed E-state index contributed by atoms with van der Waals surface area (Å²) in [5, 5.41) is 12.1. The van der Waals surface area contributed by atoms with E-state index in [1.165, 1.54) is 11.1 Å². The van der Waals surface area contributed by atoms with Gasteiger partial charge in [0, 0.05) is 11.8 Å². The number of amides is 1. The number of carbonyl (C=O) groups excluding carboxylic acids is 1. The molecule has 2 aromatic carbocycles. The van der Waals surface area contributed by atoms with Crippen molar-refractivity contribution in [3.05, 3.63) is 70.8 Å². The van der Waals surface area contributed by atoms with E-state index in [0.717, 1.165) is 23.3 Å². The molecule has 0 aliphatic heterocycles.